The number of phenols is 1. The van der Waals surface area contributed by atoms with Crippen molar-refractivity contribution in [3.63, 3.8) is 0 Å². The van der Waals surface area contributed by atoms with Crippen LogP contribution in [0.2, 0.25) is 0 Å². The Hall–Kier alpha value is -4.51. The highest BCUT2D eigenvalue weighted by molar-refractivity contribution is 6.26. The summed E-state index contributed by atoms with van der Waals surface area (Å²) in [5.41, 5.74) is 0.0614. The molecular formula is C36H37N3O7. The zero-order valence-electron chi connectivity index (χ0n) is 26.0. The number of aromatic nitrogens is 1. The Morgan fingerprint density at radius 2 is 1.83 bits per heavy atom. The van der Waals surface area contributed by atoms with Gasteiger partial charge in [-0.3, -0.25) is 14.5 Å². The summed E-state index contributed by atoms with van der Waals surface area (Å²) in [6.45, 7) is 3.67. The van der Waals surface area contributed by atoms with Crippen molar-refractivity contribution >= 4 is 28.1 Å². The molecule has 1 heterocycles. The molecule has 0 saturated heterocycles. The van der Waals surface area contributed by atoms with Crippen LogP contribution in [-0.2, 0) is 24.4 Å². The van der Waals surface area contributed by atoms with Crippen molar-refractivity contribution in [2.75, 3.05) is 20.6 Å². The van der Waals surface area contributed by atoms with Gasteiger partial charge in [-0.2, -0.15) is 0 Å². The molecule has 0 radical (unpaired) electrons. The highest BCUT2D eigenvalue weighted by atomic mass is 16.5. The van der Waals surface area contributed by atoms with E-state index in [4.69, 9.17) is 9.26 Å². The number of nitrogens with zero attached hydrogens (tertiary/aromatic N) is 2. The molecule has 1 saturated carbocycles. The molecule has 0 bridgehead atoms. The lowest BCUT2D eigenvalue weighted by Gasteiger charge is -2.49. The number of hydrogen-bond acceptors (Lipinski definition) is 10. The Labute approximate surface area is 266 Å². The summed E-state index contributed by atoms with van der Waals surface area (Å²) in [4.78, 5) is 30.5. The van der Waals surface area contributed by atoms with Crippen LogP contribution >= 0.6 is 0 Å². The molecule has 1 fully saturated rings. The maximum atomic E-state index is 14.4. The van der Waals surface area contributed by atoms with Gasteiger partial charge in [0, 0.05) is 23.4 Å². The molecule has 0 spiro atoms. The lowest BCUT2D eigenvalue weighted by Crippen LogP contribution is -2.63. The predicted molar refractivity (Wildman–Crippen MR) is 170 cm³/mol. The number of aliphatic hydroxyl groups excluding tert-OH is 1. The lowest BCUT2D eigenvalue weighted by molar-refractivity contribution is -0.142. The van der Waals surface area contributed by atoms with Crippen LogP contribution in [0.4, 0.5) is 0 Å². The number of carbonyl (C=O) groups excluding carboxylic acids is 2. The standard InChI is InChI=1S/C36H37N3O7/c1-4-12-37-17-20-10-11-21-14-22-15-23-16-25-29(39(2)3)32-28(35(38-46-32)45-18-19-8-6-5-7-9-19)34(43)36(25,44)33(42)27(23)31(41)26(22)30(40)24(21)13-20/h5-11,13-14,23,25,29,37,40-41,44H,4,12,15-18H2,1-3H3/t23-,25-,29-,36-/m0/s1. The van der Waals surface area contributed by atoms with Crippen LogP contribution in [0.15, 0.2) is 64.7 Å². The summed E-state index contributed by atoms with van der Waals surface area (Å²) < 4.78 is 11.6. The number of aromatic hydroxyl groups is 1. The number of ether oxygens (including phenoxy) is 1. The van der Waals surface area contributed by atoms with Gasteiger partial charge in [0.25, 0.3) is 5.88 Å². The van der Waals surface area contributed by atoms with E-state index in [0.717, 1.165) is 29.5 Å². The molecular weight excluding hydrogens is 586 g/mol. The predicted octanol–water partition coefficient (Wildman–Crippen LogP) is 4.87. The summed E-state index contributed by atoms with van der Waals surface area (Å²) in [6, 6.07) is 16.4. The summed E-state index contributed by atoms with van der Waals surface area (Å²) in [5, 5.41) is 44.2. The maximum Gasteiger partial charge on any atom is 0.265 e. The van der Waals surface area contributed by atoms with E-state index in [1.54, 1.807) is 19.0 Å². The van der Waals surface area contributed by atoms with E-state index >= 15 is 0 Å². The summed E-state index contributed by atoms with van der Waals surface area (Å²) in [5.74, 6) is -3.49. The first-order valence-corrected chi connectivity index (χ1v) is 15.7. The highest BCUT2D eigenvalue weighted by Gasteiger charge is 2.65. The number of phenolic OH excluding ortho intramolecular Hbond substituents is 1. The van der Waals surface area contributed by atoms with E-state index in [-0.39, 0.29) is 47.1 Å². The number of fused-ring (bicyclic) bond motifs is 5. The van der Waals surface area contributed by atoms with Crippen LogP contribution in [-0.4, -0.2) is 63.2 Å². The Morgan fingerprint density at radius 1 is 1.04 bits per heavy atom. The number of nitrogens with one attached hydrogen (secondary N) is 1. The first-order chi connectivity index (χ1) is 22.1. The van der Waals surface area contributed by atoms with E-state index in [9.17, 15) is 24.9 Å². The Balaban J connectivity index is 1.30. The molecule has 4 aromatic rings. The zero-order valence-corrected chi connectivity index (χ0v) is 26.0. The number of rotatable bonds is 8. The molecule has 4 N–H and O–H groups in total. The molecule has 3 aromatic carbocycles. The fourth-order valence-electron chi connectivity index (χ4n) is 7.59. The van der Waals surface area contributed by atoms with Gasteiger partial charge < -0.3 is 29.9 Å². The van der Waals surface area contributed by atoms with Gasteiger partial charge in [0.1, 0.15) is 23.7 Å². The minimum Gasteiger partial charge on any atom is -0.507 e. The smallest absolute Gasteiger partial charge is 0.265 e. The van der Waals surface area contributed by atoms with Crippen LogP contribution in [0.3, 0.4) is 0 Å². The normalized spacial score (nSPS) is 23.7. The molecule has 0 aliphatic heterocycles. The van der Waals surface area contributed by atoms with Crippen molar-refractivity contribution in [3.8, 4) is 11.6 Å². The van der Waals surface area contributed by atoms with Gasteiger partial charge >= 0.3 is 0 Å². The Bertz CT molecular complexity index is 1900. The van der Waals surface area contributed by atoms with E-state index in [1.807, 2.05) is 54.6 Å². The molecule has 238 valence electrons. The molecule has 4 atom stereocenters. The lowest BCUT2D eigenvalue weighted by atomic mass is 9.57. The summed E-state index contributed by atoms with van der Waals surface area (Å²) in [7, 11) is 3.58. The molecule has 1 aromatic heterocycles. The van der Waals surface area contributed by atoms with Gasteiger partial charge in [-0.05, 0) is 79.1 Å². The maximum absolute atomic E-state index is 14.4. The molecule has 10 nitrogen and oxygen atoms in total. The number of carbonyl (C=O) groups is 2. The minimum absolute atomic E-state index is 0.0424. The molecule has 7 rings (SSSR count). The average Bonchev–Trinajstić information content (AvgIpc) is 3.46. The minimum atomic E-state index is -2.50. The van der Waals surface area contributed by atoms with Crippen LogP contribution < -0.4 is 10.1 Å². The molecule has 46 heavy (non-hydrogen) atoms. The van der Waals surface area contributed by atoms with Gasteiger partial charge in [0.15, 0.2) is 11.4 Å². The van der Waals surface area contributed by atoms with Crippen molar-refractivity contribution < 1.29 is 34.2 Å². The SMILES string of the molecule is CCCNCc1ccc2cc3c(c(O)c2c1)C(O)=C1C(=O)[C@]2(O)C(=O)c4c(OCc5ccccc5)noc4[C@@H](N(C)C)[C@@H]2C[C@@H]1C3. The number of ketones is 2. The van der Waals surface area contributed by atoms with Crippen molar-refractivity contribution in [1.29, 1.82) is 0 Å². The van der Waals surface area contributed by atoms with Crippen LogP contribution in [0.5, 0.6) is 11.6 Å². The second kappa shape index (κ2) is 11.4. The van der Waals surface area contributed by atoms with Crippen LogP contribution in [0, 0.1) is 11.8 Å². The first-order valence-electron chi connectivity index (χ1n) is 15.7. The Morgan fingerprint density at radius 3 is 2.57 bits per heavy atom. The molecule has 10 heteroatoms. The third-order valence-electron chi connectivity index (χ3n) is 9.73. The van der Waals surface area contributed by atoms with Gasteiger partial charge in [-0.15, -0.1) is 0 Å². The number of Topliss-reactive ketones (excluding diaryl/α,β-unsaturated/α-hetero) is 2. The largest absolute Gasteiger partial charge is 0.507 e. The first kappa shape index (κ1) is 30.2. The second-order valence-electron chi connectivity index (χ2n) is 12.8. The van der Waals surface area contributed by atoms with Crippen molar-refractivity contribution in [3.05, 3.63) is 93.7 Å². The fourth-order valence-corrected chi connectivity index (χ4v) is 7.59. The molecule has 3 aliphatic carbocycles. The van der Waals surface area contributed by atoms with Crippen LogP contribution in [0.25, 0.3) is 16.5 Å². The number of aliphatic hydroxyl groups is 2. The van der Waals surface area contributed by atoms with Crippen molar-refractivity contribution in [2.24, 2.45) is 11.8 Å². The van der Waals surface area contributed by atoms with Gasteiger partial charge in [0.2, 0.25) is 11.6 Å². The van der Waals surface area contributed by atoms with Crippen molar-refractivity contribution in [1.82, 2.24) is 15.4 Å². The van der Waals surface area contributed by atoms with E-state index in [1.165, 1.54) is 0 Å². The third-order valence-corrected chi connectivity index (χ3v) is 9.73. The number of hydrogen-bond donors (Lipinski definition) is 4. The summed E-state index contributed by atoms with van der Waals surface area (Å²) >= 11 is 0. The fraction of sp³-hybridized carbons (Fsp3) is 0.361. The Kier molecular flexibility index (Phi) is 7.46. The molecule has 0 amide bonds. The van der Waals surface area contributed by atoms with Gasteiger partial charge in [-0.1, -0.05) is 55.5 Å². The quantitative estimate of drug-likeness (QED) is 0.158. The number of benzene rings is 3. The van der Waals surface area contributed by atoms with Gasteiger partial charge in [0.05, 0.1) is 11.6 Å². The monoisotopic (exact) mass is 623 g/mol. The molecule has 3 aliphatic rings. The van der Waals surface area contributed by atoms with E-state index in [0.29, 0.717) is 23.9 Å². The summed E-state index contributed by atoms with van der Waals surface area (Å²) in [6.07, 6.45) is 1.56. The topological polar surface area (TPSA) is 145 Å². The highest BCUT2D eigenvalue weighted by Crippen LogP contribution is 2.56. The zero-order chi connectivity index (χ0) is 32.3. The molecule has 0 unspecified atom stereocenters. The van der Waals surface area contributed by atoms with Crippen molar-refractivity contribution in [2.45, 2.75) is 51.0 Å². The third kappa shape index (κ3) is 4.54. The van der Waals surface area contributed by atoms with E-state index < -0.39 is 40.8 Å². The van der Waals surface area contributed by atoms with Gasteiger partial charge in [-0.25, -0.2) is 0 Å². The van der Waals surface area contributed by atoms with E-state index in [2.05, 4.69) is 17.4 Å². The average molecular weight is 624 g/mol. The second-order valence-corrected chi connectivity index (χ2v) is 12.8. The van der Waals surface area contributed by atoms with Crippen LogP contribution in [0.1, 0.15) is 64.2 Å².